The van der Waals surface area contributed by atoms with Crippen molar-refractivity contribution in [1.82, 2.24) is 20.0 Å². The van der Waals surface area contributed by atoms with Gasteiger partial charge in [0.2, 0.25) is 0 Å². The maximum absolute atomic E-state index is 14.0. The molecule has 3 unspecified atom stereocenters. The molecule has 1 N–H and O–H groups in total. The van der Waals surface area contributed by atoms with Crippen molar-refractivity contribution >= 4 is 63.4 Å². The van der Waals surface area contributed by atoms with Crippen molar-refractivity contribution in [3.05, 3.63) is 60.7 Å². The van der Waals surface area contributed by atoms with E-state index in [9.17, 15) is 4.79 Å². The maximum atomic E-state index is 14.0. The molecule has 0 spiro atoms. The number of hydrogen-bond donors (Lipinski definition) is 1. The molecule has 0 saturated carbocycles. The number of hydrazone groups is 1. The maximum Gasteiger partial charge on any atom is 0.259 e. The smallest absolute Gasteiger partial charge is 0.259 e. The van der Waals surface area contributed by atoms with Gasteiger partial charge in [-0.15, -0.1) is 11.6 Å². The summed E-state index contributed by atoms with van der Waals surface area (Å²) in [5, 5.41) is 11.3. The second-order valence-corrected chi connectivity index (χ2v) is 10.6. The van der Waals surface area contributed by atoms with Crippen LogP contribution in [0, 0.1) is 0 Å². The average Bonchev–Trinajstić information content (AvgIpc) is 3.55. The lowest BCUT2D eigenvalue weighted by atomic mass is 10.1. The van der Waals surface area contributed by atoms with E-state index >= 15 is 0 Å². The van der Waals surface area contributed by atoms with E-state index in [1.165, 1.54) is 7.11 Å². The summed E-state index contributed by atoms with van der Waals surface area (Å²) < 4.78 is 0. The molecule has 10 nitrogen and oxygen atoms in total. The highest BCUT2D eigenvalue weighted by Crippen LogP contribution is 2.34. The van der Waals surface area contributed by atoms with Crippen molar-refractivity contribution in [2.24, 2.45) is 10.3 Å². The number of amides is 1. The van der Waals surface area contributed by atoms with Gasteiger partial charge in [-0.25, -0.2) is 9.97 Å². The van der Waals surface area contributed by atoms with Gasteiger partial charge in [-0.1, -0.05) is 30.3 Å². The third-order valence-corrected chi connectivity index (χ3v) is 7.78. The number of anilines is 2. The van der Waals surface area contributed by atoms with Crippen molar-refractivity contribution in [1.29, 1.82) is 0 Å². The fourth-order valence-corrected chi connectivity index (χ4v) is 6.00. The number of carbonyl (C=O) groups excluding carboxylic acids is 1. The van der Waals surface area contributed by atoms with Crippen LogP contribution in [-0.4, -0.2) is 80.5 Å². The number of rotatable bonds is 10. The van der Waals surface area contributed by atoms with Crippen LogP contribution in [0.25, 0.3) is 11.0 Å². The van der Waals surface area contributed by atoms with Gasteiger partial charge < -0.3 is 14.7 Å². The zero-order valence-corrected chi connectivity index (χ0v) is 23.9. The molecule has 2 aliphatic heterocycles. The van der Waals surface area contributed by atoms with Crippen LogP contribution < -0.4 is 9.80 Å². The number of nitrogens with one attached hydrogen (secondary N) is 1. The number of oxime groups is 1. The van der Waals surface area contributed by atoms with Crippen LogP contribution in [0.5, 0.6) is 0 Å². The van der Waals surface area contributed by atoms with Crippen LogP contribution >= 0.6 is 23.4 Å². The summed E-state index contributed by atoms with van der Waals surface area (Å²) in [5.74, 6) is 1.90. The summed E-state index contributed by atoms with van der Waals surface area (Å²) in [6.07, 6.45) is 9.93. The van der Waals surface area contributed by atoms with Crippen molar-refractivity contribution < 1.29 is 9.63 Å². The molecule has 0 fully saturated rings. The van der Waals surface area contributed by atoms with Gasteiger partial charge in [-0.3, -0.25) is 14.7 Å². The molecule has 2 aromatic heterocycles. The number of para-hydroxylation sites is 1. The summed E-state index contributed by atoms with van der Waals surface area (Å²) in [7, 11) is 1.52. The highest BCUT2D eigenvalue weighted by molar-refractivity contribution is 7.98. The monoisotopic (exact) mass is 566 g/mol. The van der Waals surface area contributed by atoms with Crippen molar-refractivity contribution in [2.45, 2.75) is 37.7 Å². The van der Waals surface area contributed by atoms with Gasteiger partial charge in [-0.2, -0.15) is 16.9 Å². The molecule has 3 atom stereocenters. The Morgan fingerprint density at radius 1 is 1.31 bits per heavy atom. The number of carbonyl (C=O) groups is 1. The van der Waals surface area contributed by atoms with E-state index in [4.69, 9.17) is 26.5 Å². The standard InChI is InChI=1S/C27H31ClN8O2S/c1-5-12-34(26-22-19(17(2)33-38-3)14-29-24(22)30-16-31-26)21(15-39-4)25-32-35-13-11-20(28)23(35)27(37)36(25)18-9-7-6-8-10-18/h6-11,13-14,16,20-21,23H,5,12,15H2,1-4H3,(H,29,30,31). The number of H-pyrrole nitrogens is 1. The molecule has 1 amide bonds. The molecule has 5 rings (SSSR count). The number of hydrogen-bond acceptors (Lipinski definition) is 9. The first-order valence-electron chi connectivity index (χ1n) is 12.7. The van der Waals surface area contributed by atoms with Crippen LogP contribution in [-0.2, 0) is 9.63 Å². The fraction of sp³-hybridized carbons (Fsp3) is 0.370. The molecule has 39 heavy (non-hydrogen) atoms. The number of nitrogens with zero attached hydrogens (tertiary/aromatic N) is 7. The molecule has 4 heterocycles. The van der Waals surface area contributed by atoms with E-state index in [1.807, 2.05) is 49.5 Å². The molecule has 204 valence electrons. The summed E-state index contributed by atoms with van der Waals surface area (Å²) in [6.45, 7) is 4.68. The number of amidine groups is 1. The Morgan fingerprint density at radius 2 is 2.10 bits per heavy atom. The van der Waals surface area contributed by atoms with Crippen LogP contribution in [0.15, 0.2) is 65.4 Å². The minimum absolute atomic E-state index is 0.114. The number of fused-ring (bicyclic) bond motifs is 2. The SMILES string of the molecule is CCCN(c1ncnc2[nH]cc(C(C)=NOC)c12)C(CSC)C1=NN2C=CC(Cl)C2C(=O)N1c1ccccc1. The lowest BCUT2D eigenvalue weighted by Crippen LogP contribution is -2.61. The number of thioether (sulfide) groups is 1. The van der Waals surface area contributed by atoms with Gasteiger partial charge in [-0.05, 0) is 37.8 Å². The van der Waals surface area contributed by atoms with E-state index in [2.05, 4.69) is 33.2 Å². The van der Waals surface area contributed by atoms with Crippen LogP contribution in [0.2, 0.25) is 0 Å². The number of aromatic amines is 1. The molecule has 12 heteroatoms. The molecule has 0 aliphatic carbocycles. The Kier molecular flexibility index (Phi) is 8.08. The zero-order valence-electron chi connectivity index (χ0n) is 22.3. The number of benzene rings is 1. The molecular weight excluding hydrogens is 536 g/mol. The summed E-state index contributed by atoms with van der Waals surface area (Å²) in [6, 6.07) is 8.72. The normalized spacial score (nSPS) is 19.9. The van der Waals surface area contributed by atoms with E-state index in [0.717, 1.165) is 28.9 Å². The van der Waals surface area contributed by atoms with E-state index in [0.29, 0.717) is 29.5 Å². The fourth-order valence-electron chi connectivity index (χ4n) is 5.07. The minimum Gasteiger partial charge on any atom is -0.399 e. The average molecular weight is 567 g/mol. The summed E-state index contributed by atoms with van der Waals surface area (Å²) in [4.78, 5) is 35.5. The van der Waals surface area contributed by atoms with E-state index in [-0.39, 0.29) is 11.9 Å². The van der Waals surface area contributed by atoms with Crippen molar-refractivity contribution in [3.8, 4) is 0 Å². The minimum atomic E-state index is -0.597. The first-order chi connectivity index (χ1) is 19.0. The van der Waals surface area contributed by atoms with Gasteiger partial charge in [0.25, 0.3) is 5.91 Å². The van der Waals surface area contributed by atoms with Gasteiger partial charge in [0, 0.05) is 30.3 Å². The highest BCUT2D eigenvalue weighted by atomic mass is 35.5. The summed E-state index contributed by atoms with van der Waals surface area (Å²) >= 11 is 8.24. The van der Waals surface area contributed by atoms with E-state index < -0.39 is 11.4 Å². The number of aromatic nitrogens is 3. The van der Waals surface area contributed by atoms with Crippen LogP contribution in [0.4, 0.5) is 11.5 Å². The third kappa shape index (κ3) is 4.96. The molecule has 0 bridgehead atoms. The first kappa shape index (κ1) is 27.0. The summed E-state index contributed by atoms with van der Waals surface area (Å²) in [5.41, 5.74) is 2.99. The van der Waals surface area contributed by atoms with Crippen molar-refractivity contribution in [2.75, 3.05) is 35.5 Å². The van der Waals surface area contributed by atoms with Crippen LogP contribution in [0.1, 0.15) is 25.8 Å². The van der Waals surface area contributed by atoms with Gasteiger partial charge >= 0.3 is 0 Å². The topological polar surface area (TPSA) is 102 Å². The lowest BCUT2D eigenvalue weighted by Gasteiger charge is -2.42. The first-order valence-corrected chi connectivity index (χ1v) is 14.6. The number of alkyl halides is 1. The zero-order chi connectivity index (χ0) is 27.5. The predicted molar refractivity (Wildman–Crippen MR) is 159 cm³/mol. The molecule has 2 aliphatic rings. The quantitative estimate of drug-likeness (QED) is 0.220. The Morgan fingerprint density at radius 3 is 2.82 bits per heavy atom. The highest BCUT2D eigenvalue weighted by Gasteiger charge is 2.46. The largest absolute Gasteiger partial charge is 0.399 e. The Labute approximate surface area is 236 Å². The molecule has 3 aromatic rings. The van der Waals surface area contributed by atoms with Crippen molar-refractivity contribution in [3.63, 3.8) is 0 Å². The second-order valence-electron chi connectivity index (χ2n) is 9.23. The predicted octanol–water partition coefficient (Wildman–Crippen LogP) is 4.44. The Balaban J connectivity index is 1.70. The second kappa shape index (κ2) is 11.7. The van der Waals surface area contributed by atoms with Gasteiger partial charge in [0.15, 0.2) is 11.9 Å². The molecule has 0 radical (unpaired) electrons. The van der Waals surface area contributed by atoms with Crippen LogP contribution in [0.3, 0.4) is 0 Å². The molecule has 0 saturated heterocycles. The third-order valence-electron chi connectivity index (χ3n) is 6.75. The van der Waals surface area contributed by atoms with Gasteiger partial charge in [0.1, 0.15) is 24.9 Å². The van der Waals surface area contributed by atoms with Gasteiger partial charge in [0.05, 0.1) is 28.2 Å². The Bertz CT molecular complexity index is 1430. The number of halogens is 1. The lowest BCUT2D eigenvalue weighted by molar-refractivity contribution is -0.122. The molecular formula is C27H31ClN8O2S. The Hall–Kier alpha value is -3.57. The molecule has 1 aromatic carbocycles. The van der Waals surface area contributed by atoms with E-state index in [1.54, 1.807) is 34.2 Å².